The van der Waals surface area contributed by atoms with Gasteiger partial charge in [-0.25, -0.2) is 9.50 Å². The van der Waals surface area contributed by atoms with Crippen LogP contribution in [-0.4, -0.2) is 51.1 Å². The van der Waals surface area contributed by atoms with Gasteiger partial charge >= 0.3 is 0 Å². The van der Waals surface area contributed by atoms with E-state index in [9.17, 15) is 4.79 Å². The van der Waals surface area contributed by atoms with Gasteiger partial charge in [0.25, 0.3) is 5.91 Å². The summed E-state index contributed by atoms with van der Waals surface area (Å²) < 4.78 is 7.59. The summed E-state index contributed by atoms with van der Waals surface area (Å²) in [6.45, 7) is 5.53. The molecule has 1 aliphatic rings. The molecule has 0 unspecified atom stereocenters. The SMILES string of the molecule is C[C@@H](CNC(=O)c1cc2ncccn2n1)Oc1ccc(CN2CCC(c3ccccc3)CC2)cc1. The molecule has 7 heteroatoms. The van der Waals surface area contributed by atoms with Gasteiger partial charge in [0, 0.05) is 25.0 Å². The fraction of sp³-hybridized carbons (Fsp3) is 0.321. The number of amides is 1. The van der Waals surface area contributed by atoms with E-state index in [0.717, 1.165) is 25.4 Å². The molecular formula is C28H31N5O2. The fourth-order valence-corrected chi connectivity index (χ4v) is 4.62. The van der Waals surface area contributed by atoms with Crippen molar-refractivity contribution in [3.8, 4) is 5.75 Å². The van der Waals surface area contributed by atoms with E-state index in [1.165, 1.54) is 24.0 Å². The zero-order chi connectivity index (χ0) is 24.0. The van der Waals surface area contributed by atoms with Crippen molar-refractivity contribution in [2.45, 2.75) is 38.3 Å². The van der Waals surface area contributed by atoms with Crippen LogP contribution in [0.1, 0.15) is 47.3 Å². The smallest absolute Gasteiger partial charge is 0.272 e. The fourth-order valence-electron chi connectivity index (χ4n) is 4.62. The Kier molecular flexibility index (Phi) is 7.04. The van der Waals surface area contributed by atoms with Crippen molar-refractivity contribution in [1.82, 2.24) is 24.8 Å². The van der Waals surface area contributed by atoms with E-state index in [1.807, 2.05) is 19.1 Å². The highest BCUT2D eigenvalue weighted by molar-refractivity contribution is 5.93. The number of nitrogens with one attached hydrogen (secondary N) is 1. The van der Waals surface area contributed by atoms with Crippen LogP contribution in [0.3, 0.4) is 0 Å². The summed E-state index contributed by atoms with van der Waals surface area (Å²) in [5, 5.41) is 7.14. The van der Waals surface area contributed by atoms with E-state index in [-0.39, 0.29) is 12.0 Å². The van der Waals surface area contributed by atoms with Crippen molar-refractivity contribution in [3.63, 3.8) is 0 Å². The number of hydrogen-bond donors (Lipinski definition) is 1. The van der Waals surface area contributed by atoms with Crippen molar-refractivity contribution < 1.29 is 9.53 Å². The predicted molar refractivity (Wildman–Crippen MR) is 136 cm³/mol. The number of hydrogen-bond acceptors (Lipinski definition) is 5. The van der Waals surface area contributed by atoms with E-state index in [2.05, 4.69) is 62.8 Å². The first kappa shape index (κ1) is 23.1. The molecule has 1 fully saturated rings. The van der Waals surface area contributed by atoms with E-state index < -0.39 is 0 Å². The Hall–Kier alpha value is -3.71. The maximum Gasteiger partial charge on any atom is 0.272 e. The molecule has 0 spiro atoms. The second-order valence-electron chi connectivity index (χ2n) is 9.20. The largest absolute Gasteiger partial charge is 0.489 e. The lowest BCUT2D eigenvalue weighted by Crippen LogP contribution is -2.33. The van der Waals surface area contributed by atoms with Crippen LogP contribution in [0.5, 0.6) is 5.75 Å². The second kappa shape index (κ2) is 10.7. The lowest BCUT2D eigenvalue weighted by Gasteiger charge is -2.32. The van der Waals surface area contributed by atoms with E-state index in [4.69, 9.17) is 4.74 Å². The molecule has 1 atom stereocenters. The first-order valence-corrected chi connectivity index (χ1v) is 12.3. The maximum atomic E-state index is 12.4. The number of aromatic nitrogens is 3. The molecule has 3 heterocycles. The Bertz CT molecular complexity index is 1210. The lowest BCUT2D eigenvalue weighted by molar-refractivity contribution is 0.0927. The number of piperidine rings is 1. The van der Waals surface area contributed by atoms with Gasteiger partial charge < -0.3 is 10.1 Å². The molecule has 4 aromatic rings. The summed E-state index contributed by atoms with van der Waals surface area (Å²) in [5.41, 5.74) is 3.74. The molecule has 35 heavy (non-hydrogen) atoms. The van der Waals surface area contributed by atoms with Gasteiger partial charge in [-0.15, -0.1) is 0 Å². The van der Waals surface area contributed by atoms with Gasteiger partial charge in [0.1, 0.15) is 11.9 Å². The quantitative estimate of drug-likeness (QED) is 0.416. The van der Waals surface area contributed by atoms with Crippen LogP contribution in [0.4, 0.5) is 0 Å². The number of carbonyl (C=O) groups is 1. The molecule has 180 valence electrons. The molecule has 0 saturated carbocycles. The average molecular weight is 470 g/mol. The van der Waals surface area contributed by atoms with Crippen molar-refractivity contribution in [2.75, 3.05) is 19.6 Å². The van der Waals surface area contributed by atoms with Crippen LogP contribution < -0.4 is 10.1 Å². The van der Waals surface area contributed by atoms with Crippen LogP contribution in [0.25, 0.3) is 5.65 Å². The minimum absolute atomic E-state index is 0.169. The molecule has 2 aromatic carbocycles. The van der Waals surface area contributed by atoms with Crippen molar-refractivity contribution in [1.29, 1.82) is 0 Å². The first-order valence-electron chi connectivity index (χ1n) is 12.3. The molecule has 5 rings (SSSR count). The topological polar surface area (TPSA) is 71.8 Å². The summed E-state index contributed by atoms with van der Waals surface area (Å²) in [7, 11) is 0. The third kappa shape index (κ3) is 5.87. The zero-order valence-corrected chi connectivity index (χ0v) is 20.0. The monoisotopic (exact) mass is 469 g/mol. The Morgan fingerprint density at radius 3 is 2.60 bits per heavy atom. The van der Waals surface area contributed by atoms with Gasteiger partial charge in [0.2, 0.25) is 0 Å². The highest BCUT2D eigenvalue weighted by Crippen LogP contribution is 2.28. The van der Waals surface area contributed by atoms with Crippen molar-refractivity contribution in [2.24, 2.45) is 0 Å². The van der Waals surface area contributed by atoms with E-state index in [1.54, 1.807) is 29.0 Å². The van der Waals surface area contributed by atoms with Gasteiger partial charge in [-0.1, -0.05) is 42.5 Å². The Balaban J connectivity index is 1.06. The Morgan fingerprint density at radius 2 is 1.86 bits per heavy atom. The third-order valence-electron chi connectivity index (χ3n) is 6.54. The number of rotatable bonds is 8. The molecule has 7 nitrogen and oxygen atoms in total. The van der Waals surface area contributed by atoms with Gasteiger partial charge in [-0.05, 0) is 68.1 Å². The molecular weight excluding hydrogens is 438 g/mol. The zero-order valence-electron chi connectivity index (χ0n) is 20.0. The number of fused-ring (bicyclic) bond motifs is 1. The van der Waals surface area contributed by atoms with Crippen LogP contribution in [0, 0.1) is 0 Å². The maximum absolute atomic E-state index is 12.4. The van der Waals surface area contributed by atoms with Crippen molar-refractivity contribution >= 4 is 11.6 Å². The summed E-state index contributed by atoms with van der Waals surface area (Å²) >= 11 is 0. The Morgan fingerprint density at radius 1 is 1.09 bits per heavy atom. The first-order chi connectivity index (χ1) is 17.1. The summed E-state index contributed by atoms with van der Waals surface area (Å²) in [6, 6.07) is 22.6. The normalized spacial score (nSPS) is 15.7. The van der Waals surface area contributed by atoms with E-state index in [0.29, 0.717) is 23.8 Å². The van der Waals surface area contributed by atoms with Crippen molar-refractivity contribution in [3.05, 3.63) is 95.9 Å². The third-order valence-corrected chi connectivity index (χ3v) is 6.54. The molecule has 1 amide bonds. The lowest BCUT2D eigenvalue weighted by atomic mass is 9.89. The summed E-state index contributed by atoms with van der Waals surface area (Å²) in [6.07, 6.45) is 5.69. The molecule has 1 N–H and O–H groups in total. The highest BCUT2D eigenvalue weighted by Gasteiger charge is 2.20. The van der Waals surface area contributed by atoms with E-state index >= 15 is 0 Å². The highest BCUT2D eigenvalue weighted by atomic mass is 16.5. The molecule has 0 radical (unpaired) electrons. The number of carbonyl (C=O) groups excluding carboxylic acids is 1. The number of nitrogens with zero attached hydrogens (tertiary/aromatic N) is 4. The average Bonchev–Trinajstić information content (AvgIpc) is 3.34. The molecule has 2 aromatic heterocycles. The van der Waals surface area contributed by atoms with Gasteiger partial charge in [0.15, 0.2) is 11.3 Å². The predicted octanol–water partition coefficient (Wildman–Crippen LogP) is 4.31. The minimum atomic E-state index is -0.239. The molecule has 0 aliphatic carbocycles. The minimum Gasteiger partial charge on any atom is -0.489 e. The van der Waals surface area contributed by atoms with Gasteiger partial charge in [0.05, 0.1) is 6.54 Å². The van der Waals surface area contributed by atoms with Gasteiger partial charge in [-0.3, -0.25) is 9.69 Å². The van der Waals surface area contributed by atoms with Crippen LogP contribution in [0.2, 0.25) is 0 Å². The molecule has 1 saturated heterocycles. The second-order valence-corrected chi connectivity index (χ2v) is 9.20. The van der Waals surface area contributed by atoms with Crippen LogP contribution in [-0.2, 0) is 6.54 Å². The molecule has 1 aliphatic heterocycles. The van der Waals surface area contributed by atoms with Gasteiger partial charge in [-0.2, -0.15) is 5.10 Å². The summed E-state index contributed by atoms with van der Waals surface area (Å²) in [4.78, 5) is 19.1. The van der Waals surface area contributed by atoms with Crippen LogP contribution in [0.15, 0.2) is 79.1 Å². The summed E-state index contributed by atoms with van der Waals surface area (Å²) in [5.74, 6) is 1.24. The number of ether oxygens (including phenoxy) is 1. The Labute approximate surface area is 205 Å². The number of benzene rings is 2. The number of likely N-dealkylation sites (tertiary alicyclic amines) is 1. The van der Waals surface area contributed by atoms with Crippen LogP contribution >= 0.6 is 0 Å². The molecule has 0 bridgehead atoms. The standard InChI is InChI=1S/C28H31N5O2/c1-21(19-30-28(34)26-18-27-29-14-5-15-33(27)31-26)35-25-10-8-22(9-11-25)20-32-16-12-24(13-17-32)23-6-3-2-4-7-23/h2-11,14-15,18,21,24H,12-13,16-17,19-20H2,1H3,(H,30,34)/t21-/m0/s1.